The van der Waals surface area contributed by atoms with E-state index >= 15 is 0 Å². The number of urea groups is 1. The normalized spacial score (nSPS) is 17.2. The fourth-order valence-electron chi connectivity index (χ4n) is 2.71. The molecule has 0 unspecified atom stereocenters. The molecule has 0 spiro atoms. The van der Waals surface area contributed by atoms with Gasteiger partial charge in [-0.2, -0.15) is 16.3 Å². The lowest BCUT2D eigenvalue weighted by molar-refractivity contribution is 0.113. The standard InChI is InChI=1S/C15H21N5O2S/c1-11(13-3-8-23-10-13)19-4-6-20(7-5-19)15(21)16-9-14-17-12(2)18-22-14/h3,8,10-11H,4-7,9H2,1-2H3,(H,16,21)/t11-/m0/s1. The SMILES string of the molecule is Cc1noc(CNC(=O)N2CCN([C@@H](C)c3ccsc3)CC2)n1. The van der Waals surface area contributed by atoms with Crippen molar-refractivity contribution in [3.8, 4) is 0 Å². The summed E-state index contributed by atoms with van der Waals surface area (Å²) < 4.78 is 4.99. The molecule has 23 heavy (non-hydrogen) atoms. The quantitative estimate of drug-likeness (QED) is 0.925. The molecule has 8 heteroatoms. The lowest BCUT2D eigenvalue weighted by Crippen LogP contribution is -2.52. The van der Waals surface area contributed by atoms with Crippen molar-refractivity contribution in [1.29, 1.82) is 0 Å². The van der Waals surface area contributed by atoms with E-state index in [4.69, 9.17) is 4.52 Å². The fourth-order valence-corrected chi connectivity index (χ4v) is 3.46. The smallest absolute Gasteiger partial charge is 0.317 e. The van der Waals surface area contributed by atoms with E-state index in [-0.39, 0.29) is 12.6 Å². The second kappa shape index (κ2) is 7.10. The number of piperazine rings is 1. The number of hydrogen-bond acceptors (Lipinski definition) is 6. The van der Waals surface area contributed by atoms with E-state index in [1.54, 1.807) is 18.3 Å². The zero-order chi connectivity index (χ0) is 16.2. The summed E-state index contributed by atoms with van der Waals surface area (Å²) in [5.41, 5.74) is 1.35. The highest BCUT2D eigenvalue weighted by Crippen LogP contribution is 2.23. The van der Waals surface area contributed by atoms with Gasteiger partial charge in [0.15, 0.2) is 5.82 Å². The average molecular weight is 335 g/mol. The van der Waals surface area contributed by atoms with Crippen molar-refractivity contribution in [3.05, 3.63) is 34.1 Å². The maximum atomic E-state index is 12.2. The van der Waals surface area contributed by atoms with Crippen molar-refractivity contribution < 1.29 is 9.32 Å². The molecule has 0 saturated carbocycles. The second-order valence-electron chi connectivity index (χ2n) is 5.65. The van der Waals surface area contributed by atoms with Crippen LogP contribution in [0.5, 0.6) is 0 Å². The number of thiophene rings is 1. The third kappa shape index (κ3) is 3.89. The summed E-state index contributed by atoms with van der Waals surface area (Å²) >= 11 is 1.72. The maximum absolute atomic E-state index is 12.2. The molecule has 1 aliphatic rings. The third-order valence-corrected chi connectivity index (χ3v) is 4.84. The van der Waals surface area contributed by atoms with Crippen LogP contribution in [0.3, 0.4) is 0 Å². The fraction of sp³-hybridized carbons (Fsp3) is 0.533. The van der Waals surface area contributed by atoms with Crippen LogP contribution in [0.25, 0.3) is 0 Å². The summed E-state index contributed by atoms with van der Waals surface area (Å²) in [6, 6.07) is 2.48. The van der Waals surface area contributed by atoms with Gasteiger partial charge in [0.1, 0.15) is 0 Å². The summed E-state index contributed by atoms with van der Waals surface area (Å²) in [4.78, 5) is 20.5. The largest absolute Gasteiger partial charge is 0.337 e. The van der Waals surface area contributed by atoms with Crippen LogP contribution in [0.15, 0.2) is 21.3 Å². The molecule has 7 nitrogen and oxygen atoms in total. The molecule has 1 fully saturated rings. The lowest BCUT2D eigenvalue weighted by Gasteiger charge is -2.37. The molecule has 1 aliphatic heterocycles. The van der Waals surface area contributed by atoms with Gasteiger partial charge in [-0.25, -0.2) is 4.79 Å². The molecule has 2 aromatic rings. The number of hydrogen-bond donors (Lipinski definition) is 1. The molecule has 0 aliphatic carbocycles. The average Bonchev–Trinajstić information content (AvgIpc) is 3.24. The van der Waals surface area contributed by atoms with Crippen LogP contribution in [0, 0.1) is 6.92 Å². The van der Waals surface area contributed by atoms with Gasteiger partial charge in [-0.05, 0) is 36.2 Å². The first-order valence-corrected chi connectivity index (χ1v) is 8.66. The predicted octanol–water partition coefficient (Wildman–Crippen LogP) is 2.03. The Morgan fingerprint density at radius 2 is 2.22 bits per heavy atom. The highest BCUT2D eigenvalue weighted by molar-refractivity contribution is 7.07. The number of aryl methyl sites for hydroxylation is 1. The molecule has 124 valence electrons. The van der Waals surface area contributed by atoms with Gasteiger partial charge >= 0.3 is 6.03 Å². The Balaban J connectivity index is 1.45. The van der Waals surface area contributed by atoms with Crippen LogP contribution in [0.1, 0.15) is 30.2 Å². The summed E-state index contributed by atoms with van der Waals surface area (Å²) in [5, 5.41) is 10.8. The first kappa shape index (κ1) is 15.9. The number of rotatable bonds is 4. The van der Waals surface area contributed by atoms with Gasteiger partial charge in [-0.1, -0.05) is 5.16 Å². The minimum atomic E-state index is -0.0799. The molecule has 1 saturated heterocycles. The Bertz CT molecular complexity index is 634. The van der Waals surface area contributed by atoms with Crippen molar-refractivity contribution in [2.75, 3.05) is 26.2 Å². The summed E-state index contributed by atoms with van der Waals surface area (Å²) in [5.74, 6) is 1.01. The van der Waals surface area contributed by atoms with Crippen molar-refractivity contribution in [1.82, 2.24) is 25.3 Å². The number of aromatic nitrogens is 2. The van der Waals surface area contributed by atoms with Crippen molar-refractivity contribution in [3.63, 3.8) is 0 Å². The predicted molar refractivity (Wildman–Crippen MR) is 87.2 cm³/mol. The number of carbonyl (C=O) groups excluding carboxylic acids is 1. The molecule has 3 rings (SSSR count). The first-order valence-electron chi connectivity index (χ1n) is 7.71. The summed E-state index contributed by atoms with van der Waals surface area (Å²) in [6.07, 6.45) is 0. The van der Waals surface area contributed by atoms with E-state index in [1.165, 1.54) is 5.56 Å². The van der Waals surface area contributed by atoms with Crippen LogP contribution >= 0.6 is 11.3 Å². The highest BCUT2D eigenvalue weighted by Gasteiger charge is 2.25. The summed E-state index contributed by atoms with van der Waals surface area (Å²) in [7, 11) is 0. The number of amides is 2. The minimum absolute atomic E-state index is 0.0799. The summed E-state index contributed by atoms with van der Waals surface area (Å²) in [6.45, 7) is 7.45. The molecule has 1 atom stereocenters. The first-order chi connectivity index (χ1) is 11.1. The molecule has 3 heterocycles. The monoisotopic (exact) mass is 335 g/mol. The Morgan fingerprint density at radius 1 is 1.43 bits per heavy atom. The van der Waals surface area contributed by atoms with Gasteiger partial charge in [0.25, 0.3) is 0 Å². The number of nitrogens with one attached hydrogen (secondary N) is 1. The van der Waals surface area contributed by atoms with E-state index < -0.39 is 0 Å². The van der Waals surface area contributed by atoms with E-state index in [9.17, 15) is 4.79 Å². The van der Waals surface area contributed by atoms with Crippen LogP contribution < -0.4 is 5.32 Å². The molecule has 1 N–H and O–H groups in total. The van der Waals surface area contributed by atoms with Gasteiger partial charge in [-0.3, -0.25) is 4.90 Å². The van der Waals surface area contributed by atoms with Crippen LogP contribution in [0.4, 0.5) is 4.79 Å². The molecule has 2 amide bonds. The molecule has 0 bridgehead atoms. The van der Waals surface area contributed by atoms with Gasteiger partial charge < -0.3 is 14.7 Å². The van der Waals surface area contributed by atoms with Crippen molar-refractivity contribution in [2.45, 2.75) is 26.4 Å². The van der Waals surface area contributed by atoms with Gasteiger partial charge in [0.2, 0.25) is 5.89 Å². The van der Waals surface area contributed by atoms with E-state index in [1.807, 2.05) is 4.90 Å². The zero-order valence-corrected chi connectivity index (χ0v) is 14.2. The Labute approximate surface area is 139 Å². The van der Waals surface area contributed by atoms with Gasteiger partial charge in [0.05, 0.1) is 6.54 Å². The van der Waals surface area contributed by atoms with E-state index in [0.29, 0.717) is 17.8 Å². The van der Waals surface area contributed by atoms with Crippen molar-refractivity contribution in [2.24, 2.45) is 0 Å². The van der Waals surface area contributed by atoms with Gasteiger partial charge in [0, 0.05) is 32.2 Å². The molecule has 0 radical (unpaired) electrons. The van der Waals surface area contributed by atoms with Crippen LogP contribution in [-0.4, -0.2) is 52.2 Å². The molecular formula is C15H21N5O2S. The lowest BCUT2D eigenvalue weighted by atomic mass is 10.1. The minimum Gasteiger partial charge on any atom is -0.337 e. The third-order valence-electron chi connectivity index (χ3n) is 4.14. The highest BCUT2D eigenvalue weighted by atomic mass is 32.1. The molecule has 0 aromatic carbocycles. The Morgan fingerprint density at radius 3 is 2.83 bits per heavy atom. The maximum Gasteiger partial charge on any atom is 0.317 e. The molecular weight excluding hydrogens is 314 g/mol. The second-order valence-corrected chi connectivity index (χ2v) is 6.43. The van der Waals surface area contributed by atoms with E-state index in [0.717, 1.165) is 26.2 Å². The van der Waals surface area contributed by atoms with E-state index in [2.05, 4.69) is 44.1 Å². The van der Waals surface area contributed by atoms with Gasteiger partial charge in [-0.15, -0.1) is 0 Å². The van der Waals surface area contributed by atoms with Crippen LogP contribution in [-0.2, 0) is 6.54 Å². The Hall–Kier alpha value is -1.93. The topological polar surface area (TPSA) is 74.5 Å². The zero-order valence-electron chi connectivity index (χ0n) is 13.4. The number of nitrogens with zero attached hydrogens (tertiary/aromatic N) is 4. The molecule has 2 aromatic heterocycles. The van der Waals surface area contributed by atoms with Crippen LogP contribution in [0.2, 0.25) is 0 Å². The van der Waals surface area contributed by atoms with Crippen molar-refractivity contribution >= 4 is 17.4 Å². The Kier molecular flexibility index (Phi) is 4.92. The number of carbonyl (C=O) groups is 1.